The lowest BCUT2D eigenvalue weighted by molar-refractivity contribution is -0.115. The van der Waals surface area contributed by atoms with E-state index < -0.39 is 0 Å². The summed E-state index contributed by atoms with van der Waals surface area (Å²) in [6.45, 7) is 4.94. The first kappa shape index (κ1) is 24.3. The Bertz CT molecular complexity index is 1300. The van der Waals surface area contributed by atoms with E-state index in [-0.39, 0.29) is 17.3 Å². The van der Waals surface area contributed by atoms with Crippen LogP contribution in [0.4, 0.5) is 11.4 Å². The third-order valence-electron chi connectivity index (χ3n) is 6.32. The maximum Gasteiger partial charge on any atom is 0.241 e. The molecule has 2 aromatic carbocycles. The van der Waals surface area contributed by atoms with Crippen molar-refractivity contribution < 1.29 is 9.53 Å². The first-order valence-corrected chi connectivity index (χ1v) is 14.6. The molecule has 5 rings (SSSR count). The van der Waals surface area contributed by atoms with Crippen LogP contribution in [0.15, 0.2) is 70.8 Å². The normalized spacial score (nSPS) is 17.3. The van der Waals surface area contributed by atoms with E-state index in [1.54, 1.807) is 16.2 Å². The lowest BCUT2D eigenvalue weighted by atomic mass is 9.90. The van der Waals surface area contributed by atoms with Crippen LogP contribution in [0.3, 0.4) is 0 Å². The standard InChI is InChI=1S/C27H27N3O2S3/c1-4-27(2)15-20-21(16-32-27)35-25-23(20)24(28-26(29-25)33-3)34-17-22(31)30(18-11-7-5-8-12-18)19-13-9-6-10-14-19/h5-14H,4,15-17H2,1-3H3/t27-/m0/s1. The lowest BCUT2D eigenvalue weighted by Crippen LogP contribution is -2.33. The quantitative estimate of drug-likeness (QED) is 0.147. The fourth-order valence-corrected chi connectivity index (χ4v) is 6.78. The number of anilines is 2. The van der Waals surface area contributed by atoms with Gasteiger partial charge in [0.2, 0.25) is 5.91 Å². The molecule has 0 saturated carbocycles. The Balaban J connectivity index is 1.49. The highest BCUT2D eigenvalue weighted by molar-refractivity contribution is 8.00. The molecule has 0 unspecified atom stereocenters. The van der Waals surface area contributed by atoms with Crippen LogP contribution in [0.25, 0.3) is 10.2 Å². The zero-order chi connectivity index (χ0) is 24.4. The number of thioether (sulfide) groups is 2. The SMILES string of the molecule is CC[C@@]1(C)Cc2c(sc3nc(SC)nc(SCC(=O)N(c4ccccc4)c4ccccc4)c23)CO1. The zero-order valence-corrected chi connectivity index (χ0v) is 22.4. The number of ether oxygens (including phenoxy) is 1. The fourth-order valence-electron chi connectivity index (χ4n) is 4.23. The zero-order valence-electron chi connectivity index (χ0n) is 20.0. The van der Waals surface area contributed by atoms with Crippen LogP contribution in [0.5, 0.6) is 0 Å². The molecule has 0 fully saturated rings. The molecule has 1 amide bonds. The minimum absolute atomic E-state index is 0.00990. The molecular weight excluding hydrogens is 495 g/mol. The van der Waals surface area contributed by atoms with Gasteiger partial charge in [0.1, 0.15) is 9.86 Å². The van der Waals surface area contributed by atoms with Gasteiger partial charge in [-0.15, -0.1) is 11.3 Å². The summed E-state index contributed by atoms with van der Waals surface area (Å²) >= 11 is 4.72. The summed E-state index contributed by atoms with van der Waals surface area (Å²) in [5.74, 6) is 0.284. The highest BCUT2D eigenvalue weighted by atomic mass is 32.2. The van der Waals surface area contributed by atoms with Crippen molar-refractivity contribution in [1.29, 1.82) is 0 Å². The number of thiophene rings is 1. The van der Waals surface area contributed by atoms with Crippen molar-refractivity contribution >= 4 is 62.4 Å². The number of benzene rings is 2. The molecular formula is C27H27N3O2S3. The van der Waals surface area contributed by atoms with Gasteiger partial charge < -0.3 is 4.74 Å². The number of amides is 1. The number of rotatable bonds is 7. The third-order valence-corrected chi connectivity index (χ3v) is 8.93. The molecule has 4 aromatic rings. The minimum atomic E-state index is -0.186. The van der Waals surface area contributed by atoms with Crippen molar-refractivity contribution in [2.45, 2.75) is 49.1 Å². The number of carbonyl (C=O) groups is 1. The van der Waals surface area contributed by atoms with Gasteiger partial charge in [0, 0.05) is 28.1 Å². The second-order valence-corrected chi connectivity index (χ2v) is 11.5. The molecule has 1 aliphatic heterocycles. The van der Waals surface area contributed by atoms with Crippen LogP contribution in [-0.4, -0.2) is 33.5 Å². The van der Waals surface area contributed by atoms with E-state index in [4.69, 9.17) is 14.7 Å². The molecule has 1 aliphatic rings. The Morgan fingerprint density at radius 2 is 1.74 bits per heavy atom. The Kier molecular flexibility index (Phi) is 7.16. The van der Waals surface area contributed by atoms with Crippen LogP contribution >= 0.6 is 34.9 Å². The average Bonchev–Trinajstić information content (AvgIpc) is 3.26. The summed E-state index contributed by atoms with van der Waals surface area (Å²) in [5.41, 5.74) is 2.80. The largest absolute Gasteiger partial charge is 0.369 e. The van der Waals surface area contributed by atoms with Gasteiger partial charge in [-0.05, 0) is 49.4 Å². The molecule has 2 aromatic heterocycles. The van der Waals surface area contributed by atoms with Gasteiger partial charge >= 0.3 is 0 Å². The van der Waals surface area contributed by atoms with Crippen LogP contribution in [0.2, 0.25) is 0 Å². The highest BCUT2D eigenvalue weighted by Crippen LogP contribution is 2.43. The fraction of sp³-hybridized carbons (Fsp3) is 0.296. The van der Waals surface area contributed by atoms with Gasteiger partial charge in [0.15, 0.2) is 5.16 Å². The van der Waals surface area contributed by atoms with Gasteiger partial charge in [-0.25, -0.2) is 9.97 Å². The molecule has 5 nitrogen and oxygen atoms in total. The van der Waals surface area contributed by atoms with E-state index >= 15 is 0 Å². The molecule has 180 valence electrons. The molecule has 1 atom stereocenters. The van der Waals surface area contributed by atoms with Gasteiger partial charge in [-0.3, -0.25) is 9.69 Å². The predicted octanol–water partition coefficient (Wildman–Crippen LogP) is 7.11. The monoisotopic (exact) mass is 521 g/mol. The summed E-state index contributed by atoms with van der Waals surface area (Å²) in [7, 11) is 0. The van der Waals surface area contributed by atoms with Gasteiger partial charge in [0.25, 0.3) is 0 Å². The lowest BCUT2D eigenvalue weighted by Gasteiger charge is -2.33. The molecule has 0 bridgehead atoms. The third kappa shape index (κ3) is 4.98. The number of hydrogen-bond donors (Lipinski definition) is 0. The number of fused-ring (bicyclic) bond motifs is 3. The summed E-state index contributed by atoms with van der Waals surface area (Å²) < 4.78 is 6.18. The smallest absolute Gasteiger partial charge is 0.241 e. The predicted molar refractivity (Wildman–Crippen MR) is 147 cm³/mol. The number of hydrogen-bond acceptors (Lipinski definition) is 7. The Hall–Kier alpha value is -2.39. The van der Waals surface area contributed by atoms with E-state index in [0.29, 0.717) is 6.61 Å². The van der Waals surface area contributed by atoms with Crippen LogP contribution in [0.1, 0.15) is 30.7 Å². The summed E-state index contributed by atoms with van der Waals surface area (Å²) in [5, 5.41) is 2.70. The summed E-state index contributed by atoms with van der Waals surface area (Å²) in [6, 6.07) is 19.6. The average molecular weight is 522 g/mol. The van der Waals surface area contributed by atoms with E-state index in [2.05, 4.69) is 13.8 Å². The molecule has 0 aliphatic carbocycles. The van der Waals surface area contributed by atoms with Crippen LogP contribution in [0, 0.1) is 0 Å². The summed E-state index contributed by atoms with van der Waals surface area (Å²) in [6.07, 6.45) is 3.76. The van der Waals surface area contributed by atoms with Gasteiger partial charge in [-0.2, -0.15) is 0 Å². The second kappa shape index (κ2) is 10.3. The van der Waals surface area contributed by atoms with Gasteiger partial charge in [0.05, 0.1) is 18.0 Å². The number of carbonyl (C=O) groups excluding carboxylic acids is 1. The minimum Gasteiger partial charge on any atom is -0.369 e. The van der Waals surface area contributed by atoms with Crippen molar-refractivity contribution in [2.24, 2.45) is 0 Å². The Morgan fingerprint density at radius 1 is 1.09 bits per heavy atom. The molecule has 8 heteroatoms. The first-order valence-electron chi connectivity index (χ1n) is 11.6. The van der Waals surface area contributed by atoms with E-state index in [1.807, 2.05) is 66.9 Å². The first-order chi connectivity index (χ1) is 17.0. The van der Waals surface area contributed by atoms with Crippen molar-refractivity contribution in [3.63, 3.8) is 0 Å². The molecule has 0 N–H and O–H groups in total. The van der Waals surface area contributed by atoms with E-state index in [1.165, 1.54) is 34.0 Å². The Morgan fingerprint density at radius 3 is 2.34 bits per heavy atom. The topological polar surface area (TPSA) is 55.3 Å². The summed E-state index contributed by atoms with van der Waals surface area (Å²) in [4.78, 5) is 27.3. The van der Waals surface area contributed by atoms with Crippen molar-refractivity contribution in [3.05, 3.63) is 71.1 Å². The number of para-hydroxylation sites is 2. The van der Waals surface area contributed by atoms with Crippen molar-refractivity contribution in [1.82, 2.24) is 9.97 Å². The Labute approximate surface area is 218 Å². The van der Waals surface area contributed by atoms with Crippen molar-refractivity contribution in [3.8, 4) is 0 Å². The van der Waals surface area contributed by atoms with E-state index in [9.17, 15) is 4.79 Å². The number of aromatic nitrogens is 2. The maximum absolute atomic E-state index is 13.6. The molecule has 0 radical (unpaired) electrons. The van der Waals surface area contributed by atoms with Crippen molar-refractivity contribution in [2.75, 3.05) is 16.9 Å². The molecule has 0 spiro atoms. The van der Waals surface area contributed by atoms with E-state index in [0.717, 1.165) is 44.6 Å². The molecule has 35 heavy (non-hydrogen) atoms. The maximum atomic E-state index is 13.6. The van der Waals surface area contributed by atoms with Crippen LogP contribution in [-0.2, 0) is 22.6 Å². The highest BCUT2D eigenvalue weighted by Gasteiger charge is 2.33. The second-order valence-electron chi connectivity index (χ2n) is 8.66. The van der Waals surface area contributed by atoms with Crippen LogP contribution < -0.4 is 4.90 Å². The number of nitrogens with zero attached hydrogens (tertiary/aromatic N) is 3. The van der Waals surface area contributed by atoms with Gasteiger partial charge in [-0.1, -0.05) is 66.8 Å². The molecule has 3 heterocycles. The molecule has 0 saturated heterocycles.